The SMILES string of the molecule is CC(N=Cc1c(O)[nH]c(=O)[nH]c1=O)c1ccccc1. The molecule has 1 atom stereocenters. The fourth-order valence-corrected chi connectivity index (χ4v) is 1.61. The van der Waals surface area contributed by atoms with Gasteiger partial charge in [-0.25, -0.2) is 4.79 Å². The molecule has 1 heterocycles. The topological polar surface area (TPSA) is 98.3 Å². The van der Waals surface area contributed by atoms with E-state index in [0.717, 1.165) is 5.56 Å². The van der Waals surface area contributed by atoms with Gasteiger partial charge < -0.3 is 5.11 Å². The van der Waals surface area contributed by atoms with Gasteiger partial charge in [-0.3, -0.25) is 19.8 Å². The van der Waals surface area contributed by atoms with Crippen LogP contribution in [0.2, 0.25) is 0 Å². The van der Waals surface area contributed by atoms with E-state index in [4.69, 9.17) is 0 Å². The molecule has 0 amide bonds. The quantitative estimate of drug-likeness (QED) is 0.715. The van der Waals surface area contributed by atoms with Crippen LogP contribution in [0.1, 0.15) is 24.1 Å². The molecule has 0 bridgehead atoms. The number of H-pyrrole nitrogens is 2. The first-order chi connectivity index (χ1) is 9.08. The van der Waals surface area contributed by atoms with Gasteiger partial charge >= 0.3 is 5.69 Å². The van der Waals surface area contributed by atoms with E-state index < -0.39 is 17.1 Å². The van der Waals surface area contributed by atoms with Crippen LogP contribution in [0.3, 0.4) is 0 Å². The van der Waals surface area contributed by atoms with Crippen molar-refractivity contribution in [1.82, 2.24) is 9.97 Å². The Kier molecular flexibility index (Phi) is 3.61. The number of nitrogens with one attached hydrogen (secondary N) is 2. The molecular weight excluding hydrogens is 246 g/mol. The van der Waals surface area contributed by atoms with E-state index in [9.17, 15) is 14.7 Å². The van der Waals surface area contributed by atoms with Gasteiger partial charge in [-0.05, 0) is 12.5 Å². The van der Waals surface area contributed by atoms with Crippen molar-refractivity contribution in [3.05, 3.63) is 62.3 Å². The monoisotopic (exact) mass is 259 g/mol. The fraction of sp³-hybridized carbons (Fsp3) is 0.154. The van der Waals surface area contributed by atoms with Crippen LogP contribution in [0, 0.1) is 0 Å². The summed E-state index contributed by atoms with van der Waals surface area (Å²) in [5.41, 5.74) is -0.512. The second kappa shape index (κ2) is 5.34. The Morgan fingerprint density at radius 3 is 2.53 bits per heavy atom. The van der Waals surface area contributed by atoms with Crippen LogP contribution in [0.25, 0.3) is 0 Å². The summed E-state index contributed by atoms with van der Waals surface area (Å²) in [6.45, 7) is 1.86. The second-order valence-corrected chi connectivity index (χ2v) is 4.04. The lowest BCUT2D eigenvalue weighted by atomic mass is 10.1. The summed E-state index contributed by atoms with van der Waals surface area (Å²) in [6.07, 6.45) is 1.25. The molecule has 0 saturated heterocycles. The Bertz CT molecular complexity index is 701. The van der Waals surface area contributed by atoms with E-state index in [2.05, 4.69) is 9.98 Å². The summed E-state index contributed by atoms with van der Waals surface area (Å²) >= 11 is 0. The number of hydrogen-bond acceptors (Lipinski definition) is 4. The normalized spacial score (nSPS) is 12.7. The van der Waals surface area contributed by atoms with E-state index in [0.29, 0.717) is 0 Å². The van der Waals surface area contributed by atoms with Gasteiger partial charge in [0.05, 0.1) is 6.04 Å². The van der Waals surface area contributed by atoms with Gasteiger partial charge in [-0.1, -0.05) is 30.3 Å². The first-order valence-corrected chi connectivity index (χ1v) is 5.71. The lowest BCUT2D eigenvalue weighted by molar-refractivity contribution is 0.447. The molecule has 6 nitrogen and oxygen atoms in total. The summed E-state index contributed by atoms with van der Waals surface area (Å²) in [5, 5.41) is 9.49. The molecule has 0 saturated carbocycles. The van der Waals surface area contributed by atoms with Gasteiger partial charge in [-0.15, -0.1) is 0 Å². The Labute approximate surface area is 108 Å². The summed E-state index contributed by atoms with van der Waals surface area (Å²) in [5.74, 6) is -0.488. The molecule has 2 rings (SSSR count). The van der Waals surface area contributed by atoms with Gasteiger partial charge in [0.2, 0.25) is 5.88 Å². The van der Waals surface area contributed by atoms with Gasteiger partial charge in [0.25, 0.3) is 5.56 Å². The molecule has 1 unspecified atom stereocenters. The molecule has 0 aliphatic rings. The van der Waals surface area contributed by atoms with Crippen molar-refractivity contribution in [1.29, 1.82) is 0 Å². The van der Waals surface area contributed by atoms with Gasteiger partial charge in [0.1, 0.15) is 5.56 Å². The maximum Gasteiger partial charge on any atom is 0.328 e. The smallest absolute Gasteiger partial charge is 0.328 e. The molecule has 0 aliphatic heterocycles. The van der Waals surface area contributed by atoms with Crippen molar-refractivity contribution in [2.24, 2.45) is 4.99 Å². The highest BCUT2D eigenvalue weighted by molar-refractivity contribution is 5.81. The number of benzene rings is 1. The average molecular weight is 259 g/mol. The van der Waals surface area contributed by atoms with E-state index in [1.54, 1.807) is 0 Å². The molecule has 0 aliphatic carbocycles. The van der Waals surface area contributed by atoms with Gasteiger partial charge in [0.15, 0.2) is 0 Å². The van der Waals surface area contributed by atoms with Crippen LogP contribution in [0.15, 0.2) is 44.9 Å². The van der Waals surface area contributed by atoms with Crippen molar-refractivity contribution < 1.29 is 5.11 Å². The van der Waals surface area contributed by atoms with Crippen molar-refractivity contribution in [2.75, 3.05) is 0 Å². The van der Waals surface area contributed by atoms with E-state index in [1.165, 1.54) is 6.21 Å². The number of aromatic amines is 2. The van der Waals surface area contributed by atoms with Crippen LogP contribution in [0.5, 0.6) is 5.88 Å². The van der Waals surface area contributed by atoms with E-state index in [-0.39, 0.29) is 11.6 Å². The molecule has 0 spiro atoms. The zero-order valence-corrected chi connectivity index (χ0v) is 10.3. The number of rotatable bonds is 3. The number of aromatic nitrogens is 2. The molecule has 19 heavy (non-hydrogen) atoms. The Morgan fingerprint density at radius 1 is 1.21 bits per heavy atom. The maximum absolute atomic E-state index is 11.5. The molecule has 6 heteroatoms. The van der Waals surface area contributed by atoms with Crippen molar-refractivity contribution in [3.63, 3.8) is 0 Å². The number of hydrogen-bond donors (Lipinski definition) is 3. The zero-order valence-electron chi connectivity index (χ0n) is 10.3. The van der Waals surface area contributed by atoms with Crippen LogP contribution >= 0.6 is 0 Å². The molecule has 1 aromatic heterocycles. The third-order valence-electron chi connectivity index (χ3n) is 2.67. The number of nitrogens with zero attached hydrogens (tertiary/aromatic N) is 1. The summed E-state index contributed by atoms with van der Waals surface area (Å²) < 4.78 is 0. The second-order valence-electron chi connectivity index (χ2n) is 4.04. The highest BCUT2D eigenvalue weighted by atomic mass is 16.3. The Morgan fingerprint density at radius 2 is 1.89 bits per heavy atom. The first kappa shape index (κ1) is 12.8. The molecule has 1 aromatic carbocycles. The predicted molar refractivity (Wildman–Crippen MR) is 71.8 cm³/mol. The molecular formula is C13H13N3O3. The molecule has 0 radical (unpaired) electrons. The van der Waals surface area contributed by atoms with Gasteiger partial charge in [-0.2, -0.15) is 0 Å². The summed E-state index contributed by atoms with van der Waals surface area (Å²) in [7, 11) is 0. The lowest BCUT2D eigenvalue weighted by Crippen LogP contribution is -2.24. The zero-order chi connectivity index (χ0) is 13.8. The van der Waals surface area contributed by atoms with Crippen LogP contribution < -0.4 is 11.2 Å². The van der Waals surface area contributed by atoms with Crippen LogP contribution in [0.4, 0.5) is 0 Å². The van der Waals surface area contributed by atoms with E-state index in [1.807, 2.05) is 42.2 Å². The highest BCUT2D eigenvalue weighted by Gasteiger charge is 2.07. The summed E-state index contributed by atoms with van der Waals surface area (Å²) in [6, 6.07) is 9.36. The lowest BCUT2D eigenvalue weighted by Gasteiger charge is -2.05. The molecule has 0 fully saturated rings. The van der Waals surface area contributed by atoms with Crippen molar-refractivity contribution in [3.8, 4) is 5.88 Å². The highest BCUT2D eigenvalue weighted by Crippen LogP contribution is 2.15. The summed E-state index contributed by atoms with van der Waals surface area (Å²) in [4.78, 5) is 30.7. The number of aliphatic imine (C=N–C) groups is 1. The van der Waals surface area contributed by atoms with Crippen LogP contribution in [-0.2, 0) is 0 Å². The molecule has 98 valence electrons. The van der Waals surface area contributed by atoms with Crippen molar-refractivity contribution >= 4 is 6.21 Å². The van der Waals surface area contributed by atoms with Crippen molar-refractivity contribution in [2.45, 2.75) is 13.0 Å². The Balaban J connectivity index is 2.29. The first-order valence-electron chi connectivity index (χ1n) is 5.71. The molecule has 3 N–H and O–H groups in total. The number of aromatic hydroxyl groups is 1. The third kappa shape index (κ3) is 2.98. The maximum atomic E-state index is 11.5. The third-order valence-corrected chi connectivity index (χ3v) is 2.67. The standard InChI is InChI=1S/C13H13N3O3/c1-8(9-5-3-2-4-6-9)14-7-10-11(17)15-13(19)16-12(10)18/h2-8H,1H3,(H3,15,16,17,18,19). The minimum Gasteiger partial charge on any atom is -0.494 e. The minimum absolute atomic E-state index is 0.0672. The van der Waals surface area contributed by atoms with E-state index >= 15 is 0 Å². The minimum atomic E-state index is -0.754. The van der Waals surface area contributed by atoms with Gasteiger partial charge in [0, 0.05) is 6.21 Å². The largest absolute Gasteiger partial charge is 0.494 e. The fourth-order valence-electron chi connectivity index (χ4n) is 1.61. The average Bonchev–Trinajstić information content (AvgIpc) is 2.38. The molecule has 2 aromatic rings. The Hall–Kier alpha value is -2.63. The van der Waals surface area contributed by atoms with Crippen LogP contribution in [-0.4, -0.2) is 21.3 Å². The predicted octanol–water partition coefficient (Wildman–Crippen LogP) is 0.949.